The van der Waals surface area contributed by atoms with Gasteiger partial charge >= 0.3 is 0 Å². The van der Waals surface area contributed by atoms with Gasteiger partial charge in [0.15, 0.2) is 4.34 Å². The number of nitriles is 1. The third-order valence-electron chi connectivity index (χ3n) is 2.89. The third kappa shape index (κ3) is 5.78. The summed E-state index contributed by atoms with van der Waals surface area (Å²) in [5, 5.41) is 20.8. The van der Waals surface area contributed by atoms with E-state index in [0.717, 1.165) is 35.7 Å². The van der Waals surface area contributed by atoms with Gasteiger partial charge in [0.1, 0.15) is 5.82 Å². The molecule has 0 unspecified atom stereocenters. The molecule has 0 fully saturated rings. The molecule has 2 aromatic rings. The van der Waals surface area contributed by atoms with E-state index in [2.05, 4.69) is 15.5 Å². The van der Waals surface area contributed by atoms with Crippen molar-refractivity contribution in [1.29, 1.82) is 5.26 Å². The van der Waals surface area contributed by atoms with Crippen LogP contribution in [-0.4, -0.2) is 30.0 Å². The first-order valence-corrected chi connectivity index (χ1v) is 8.99. The van der Waals surface area contributed by atoms with Crippen molar-refractivity contribution in [3.8, 4) is 6.07 Å². The number of nitrogens with zero attached hydrogens (tertiary/aromatic N) is 3. The quantitative estimate of drug-likeness (QED) is 0.548. The smallest absolute Gasteiger partial charge is 0.206 e. The maximum atomic E-state index is 13.8. The van der Waals surface area contributed by atoms with E-state index in [-0.39, 0.29) is 5.82 Å². The Hall–Kier alpha value is -1.69. The van der Waals surface area contributed by atoms with Gasteiger partial charge < -0.3 is 10.1 Å². The molecule has 1 aromatic carbocycles. The maximum Gasteiger partial charge on any atom is 0.206 e. The molecule has 0 spiro atoms. The molecule has 0 atom stereocenters. The zero-order valence-corrected chi connectivity index (χ0v) is 14.3. The number of benzene rings is 1. The zero-order chi connectivity index (χ0) is 16.5. The largest absolute Gasteiger partial charge is 0.382 e. The highest BCUT2D eigenvalue weighted by Gasteiger charge is 2.08. The van der Waals surface area contributed by atoms with Crippen molar-refractivity contribution >= 4 is 28.2 Å². The van der Waals surface area contributed by atoms with Crippen LogP contribution in [0.5, 0.6) is 0 Å². The number of hydrogen-bond acceptors (Lipinski definition) is 7. The second-order valence-electron chi connectivity index (χ2n) is 4.56. The molecule has 0 bridgehead atoms. The topological polar surface area (TPSA) is 70.8 Å². The Labute approximate surface area is 142 Å². The molecule has 5 nitrogen and oxygen atoms in total. The van der Waals surface area contributed by atoms with E-state index in [1.165, 1.54) is 29.2 Å². The molecule has 0 saturated heterocycles. The number of aromatic nitrogens is 2. The lowest BCUT2D eigenvalue weighted by atomic mass is 10.1. The predicted octanol–water partition coefficient (Wildman–Crippen LogP) is 3.68. The Morgan fingerprint density at radius 1 is 1.43 bits per heavy atom. The van der Waals surface area contributed by atoms with E-state index in [9.17, 15) is 4.39 Å². The normalized spacial score (nSPS) is 10.5. The van der Waals surface area contributed by atoms with Crippen LogP contribution in [0, 0.1) is 17.1 Å². The fourth-order valence-electron chi connectivity index (χ4n) is 1.73. The summed E-state index contributed by atoms with van der Waals surface area (Å²) in [6, 6.07) is 6.42. The SMILES string of the molecule is CCOCCCNc1nnc(SCc2ccc(C#N)cc2F)s1. The molecule has 8 heteroatoms. The van der Waals surface area contributed by atoms with Gasteiger partial charge in [0.25, 0.3) is 0 Å². The zero-order valence-electron chi connectivity index (χ0n) is 12.7. The van der Waals surface area contributed by atoms with Gasteiger partial charge in [0, 0.05) is 25.5 Å². The summed E-state index contributed by atoms with van der Waals surface area (Å²) in [4.78, 5) is 0. The summed E-state index contributed by atoms with van der Waals surface area (Å²) in [5.41, 5.74) is 0.876. The average Bonchev–Trinajstić information content (AvgIpc) is 3.01. The van der Waals surface area contributed by atoms with Gasteiger partial charge in [-0.15, -0.1) is 10.2 Å². The van der Waals surface area contributed by atoms with Crippen LogP contribution in [0.2, 0.25) is 0 Å². The van der Waals surface area contributed by atoms with Crippen LogP contribution in [0.3, 0.4) is 0 Å². The van der Waals surface area contributed by atoms with Crippen LogP contribution < -0.4 is 5.32 Å². The summed E-state index contributed by atoms with van der Waals surface area (Å²) < 4.78 is 19.8. The first-order chi connectivity index (χ1) is 11.2. The third-order valence-corrected chi connectivity index (χ3v) is 4.95. The minimum atomic E-state index is -0.365. The molecule has 0 aliphatic carbocycles. The molecule has 1 heterocycles. The van der Waals surface area contributed by atoms with Gasteiger partial charge in [-0.3, -0.25) is 0 Å². The number of anilines is 1. The summed E-state index contributed by atoms with van der Waals surface area (Å²) in [5.74, 6) is 0.0894. The molecule has 23 heavy (non-hydrogen) atoms. The highest BCUT2D eigenvalue weighted by molar-refractivity contribution is 8.00. The number of hydrogen-bond donors (Lipinski definition) is 1. The maximum absolute atomic E-state index is 13.8. The number of thioether (sulfide) groups is 1. The standard InChI is InChI=1S/C15H17FN4OS2/c1-2-21-7-3-6-18-14-19-20-15(23-14)22-10-12-5-4-11(9-17)8-13(12)16/h4-5,8H,2-3,6-7,10H2,1H3,(H,18,19). The Morgan fingerprint density at radius 2 is 2.30 bits per heavy atom. The van der Waals surface area contributed by atoms with E-state index in [0.29, 0.717) is 16.9 Å². The van der Waals surface area contributed by atoms with Crippen molar-refractivity contribution in [2.75, 3.05) is 25.1 Å². The first kappa shape index (κ1) is 17.7. The van der Waals surface area contributed by atoms with E-state index in [1.54, 1.807) is 12.1 Å². The highest BCUT2D eigenvalue weighted by atomic mass is 32.2. The molecule has 0 radical (unpaired) electrons. The molecular weight excluding hydrogens is 335 g/mol. The minimum absolute atomic E-state index is 0.325. The van der Waals surface area contributed by atoms with Crippen LogP contribution in [-0.2, 0) is 10.5 Å². The van der Waals surface area contributed by atoms with Crippen molar-refractivity contribution in [3.63, 3.8) is 0 Å². The van der Waals surface area contributed by atoms with Crippen molar-refractivity contribution in [1.82, 2.24) is 10.2 Å². The summed E-state index contributed by atoms with van der Waals surface area (Å²) in [7, 11) is 0. The van der Waals surface area contributed by atoms with Crippen molar-refractivity contribution in [3.05, 3.63) is 35.1 Å². The van der Waals surface area contributed by atoms with E-state index in [4.69, 9.17) is 10.00 Å². The lowest BCUT2D eigenvalue weighted by Gasteiger charge is -2.02. The van der Waals surface area contributed by atoms with Gasteiger partial charge in [0.2, 0.25) is 5.13 Å². The fourth-order valence-corrected chi connectivity index (χ4v) is 3.49. The van der Waals surface area contributed by atoms with Gasteiger partial charge in [-0.05, 0) is 31.0 Å². The van der Waals surface area contributed by atoms with Gasteiger partial charge in [-0.1, -0.05) is 29.2 Å². The summed E-state index contributed by atoms with van der Waals surface area (Å²) in [6.45, 7) is 4.20. The number of rotatable bonds is 9. The van der Waals surface area contributed by atoms with Crippen molar-refractivity contribution in [2.45, 2.75) is 23.4 Å². The Balaban J connectivity index is 1.79. The molecule has 2 rings (SSSR count). The lowest BCUT2D eigenvalue weighted by molar-refractivity contribution is 0.147. The molecular formula is C15H17FN4OS2. The van der Waals surface area contributed by atoms with Crippen LogP contribution in [0.15, 0.2) is 22.5 Å². The first-order valence-electron chi connectivity index (χ1n) is 7.19. The molecule has 1 aromatic heterocycles. The lowest BCUT2D eigenvalue weighted by Crippen LogP contribution is -2.05. The predicted molar refractivity (Wildman–Crippen MR) is 90.2 cm³/mol. The molecule has 0 saturated carbocycles. The highest BCUT2D eigenvalue weighted by Crippen LogP contribution is 2.29. The van der Waals surface area contributed by atoms with E-state index < -0.39 is 0 Å². The molecule has 122 valence electrons. The number of ether oxygens (including phenoxy) is 1. The molecule has 0 aliphatic rings. The van der Waals surface area contributed by atoms with E-state index in [1.807, 2.05) is 13.0 Å². The van der Waals surface area contributed by atoms with Gasteiger partial charge in [0.05, 0.1) is 11.6 Å². The van der Waals surface area contributed by atoms with Crippen LogP contribution in [0.4, 0.5) is 9.52 Å². The Morgan fingerprint density at radius 3 is 3.04 bits per heavy atom. The average molecular weight is 352 g/mol. The Bertz CT molecular complexity index is 672. The Kier molecular flexibility index (Phi) is 7.26. The molecule has 0 aliphatic heterocycles. The van der Waals surface area contributed by atoms with Gasteiger partial charge in [-0.25, -0.2) is 4.39 Å². The van der Waals surface area contributed by atoms with Crippen LogP contribution in [0.25, 0.3) is 0 Å². The number of nitrogens with one attached hydrogen (secondary N) is 1. The van der Waals surface area contributed by atoms with Crippen LogP contribution >= 0.6 is 23.1 Å². The second kappa shape index (κ2) is 9.45. The van der Waals surface area contributed by atoms with Crippen LogP contribution in [0.1, 0.15) is 24.5 Å². The summed E-state index contributed by atoms with van der Waals surface area (Å²) in [6.07, 6.45) is 0.909. The van der Waals surface area contributed by atoms with Crippen molar-refractivity contribution in [2.24, 2.45) is 0 Å². The molecule has 0 amide bonds. The van der Waals surface area contributed by atoms with E-state index >= 15 is 0 Å². The number of halogens is 1. The minimum Gasteiger partial charge on any atom is -0.382 e. The summed E-state index contributed by atoms with van der Waals surface area (Å²) >= 11 is 2.87. The van der Waals surface area contributed by atoms with Crippen molar-refractivity contribution < 1.29 is 9.13 Å². The molecule has 1 N–H and O–H groups in total. The second-order valence-corrected chi connectivity index (χ2v) is 6.76. The fraction of sp³-hybridized carbons (Fsp3) is 0.400. The monoisotopic (exact) mass is 352 g/mol. The van der Waals surface area contributed by atoms with Gasteiger partial charge in [-0.2, -0.15) is 5.26 Å².